The van der Waals surface area contributed by atoms with Crippen molar-refractivity contribution < 1.29 is 19.0 Å². The van der Waals surface area contributed by atoms with Gasteiger partial charge >= 0.3 is 0 Å². The minimum absolute atomic E-state index is 0.0304. The van der Waals surface area contributed by atoms with Gasteiger partial charge in [-0.25, -0.2) is 4.39 Å². The van der Waals surface area contributed by atoms with Crippen LogP contribution in [-0.4, -0.2) is 24.8 Å². The number of carbonyl (C=O) groups excluding carboxylic acids is 1. The second-order valence-corrected chi connectivity index (χ2v) is 10.7. The van der Waals surface area contributed by atoms with Gasteiger partial charge in [0, 0.05) is 18.6 Å². The first kappa shape index (κ1) is 29.3. The van der Waals surface area contributed by atoms with Crippen LogP contribution < -0.4 is 0 Å². The van der Waals surface area contributed by atoms with Gasteiger partial charge in [-0.15, -0.1) is 6.58 Å². The van der Waals surface area contributed by atoms with Crippen LogP contribution in [0.2, 0.25) is 0 Å². The molecule has 0 atom stereocenters. The smallest absolute Gasteiger partial charge is 0.293 e. The summed E-state index contributed by atoms with van der Waals surface area (Å²) in [7, 11) is 0. The van der Waals surface area contributed by atoms with E-state index in [1.807, 2.05) is 44.2 Å². The average molecular weight is 517 g/mol. The van der Waals surface area contributed by atoms with E-state index < -0.39 is 0 Å². The first-order valence-electron chi connectivity index (χ1n) is 13.6. The second kappa shape index (κ2) is 14.6. The molecule has 1 saturated carbocycles. The quantitative estimate of drug-likeness (QED) is 0.177. The molecule has 4 heteroatoms. The molecule has 1 N–H and O–H groups in total. The van der Waals surface area contributed by atoms with E-state index in [-0.39, 0.29) is 19.0 Å². The highest BCUT2D eigenvalue weighted by Crippen LogP contribution is 2.36. The van der Waals surface area contributed by atoms with E-state index in [0.29, 0.717) is 30.8 Å². The van der Waals surface area contributed by atoms with E-state index in [4.69, 9.17) is 4.74 Å². The average Bonchev–Trinajstić information content (AvgIpc) is 2.90. The van der Waals surface area contributed by atoms with Gasteiger partial charge in [0.1, 0.15) is 5.82 Å². The number of allylic oxidation sites excluding steroid dienone is 1. The van der Waals surface area contributed by atoms with Crippen LogP contribution in [0.5, 0.6) is 0 Å². The second-order valence-electron chi connectivity index (χ2n) is 10.7. The van der Waals surface area contributed by atoms with Gasteiger partial charge in [-0.05, 0) is 84.4 Å². The van der Waals surface area contributed by atoms with Crippen LogP contribution in [0.1, 0.15) is 69.1 Å². The zero-order chi connectivity index (χ0) is 27.5. The number of carbonyl (C=O) groups is 1. The Kier molecular flexibility index (Phi) is 11.3. The lowest BCUT2D eigenvalue weighted by molar-refractivity contribution is -0.128. The van der Waals surface area contributed by atoms with Gasteiger partial charge in [-0.1, -0.05) is 79.9 Å². The third-order valence-corrected chi connectivity index (χ3v) is 7.16. The summed E-state index contributed by atoms with van der Waals surface area (Å²) in [5, 5.41) is 9.34. The molecule has 0 bridgehead atoms. The maximum atomic E-state index is 15.2. The summed E-state index contributed by atoms with van der Waals surface area (Å²) in [6.07, 6.45) is 6.13. The number of hydrogen-bond acceptors (Lipinski definition) is 3. The highest BCUT2D eigenvalue weighted by Gasteiger charge is 2.19. The molecule has 0 radical (unpaired) electrons. The van der Waals surface area contributed by atoms with E-state index in [9.17, 15) is 9.90 Å². The number of halogens is 1. The van der Waals surface area contributed by atoms with Gasteiger partial charge in [0.25, 0.3) is 6.47 Å². The van der Waals surface area contributed by atoms with E-state index in [2.05, 4.69) is 37.8 Å². The van der Waals surface area contributed by atoms with E-state index in [1.165, 1.54) is 36.8 Å². The number of rotatable bonds is 9. The molecule has 4 rings (SSSR count). The highest BCUT2D eigenvalue weighted by atomic mass is 19.1. The van der Waals surface area contributed by atoms with Crippen molar-refractivity contribution in [2.24, 2.45) is 5.92 Å². The van der Waals surface area contributed by atoms with Crippen molar-refractivity contribution in [3.8, 4) is 22.3 Å². The lowest BCUT2D eigenvalue weighted by Crippen LogP contribution is -2.10. The van der Waals surface area contributed by atoms with Gasteiger partial charge < -0.3 is 9.84 Å². The summed E-state index contributed by atoms with van der Waals surface area (Å²) in [6, 6.07) is 19.7. The maximum Gasteiger partial charge on any atom is 0.293 e. The monoisotopic (exact) mass is 516 g/mol. The zero-order valence-electron chi connectivity index (χ0n) is 23.0. The molecular weight excluding hydrogens is 475 g/mol. The summed E-state index contributed by atoms with van der Waals surface area (Å²) < 4.78 is 20.0. The highest BCUT2D eigenvalue weighted by molar-refractivity contribution is 5.72. The SMILES string of the molecule is C=C(C)C.CC1CCC(c2ccc(-c3ccc(-c4ccc(CCO)c(CCOC=O)c4)c(F)c3)cc2)CC1. The lowest BCUT2D eigenvalue weighted by atomic mass is 9.79. The van der Waals surface area contributed by atoms with E-state index in [1.54, 1.807) is 6.07 Å². The number of ether oxygens (including phenoxy) is 1. The van der Waals surface area contributed by atoms with Crippen LogP contribution >= 0.6 is 0 Å². The number of hydrogen-bond donors (Lipinski definition) is 1. The van der Waals surface area contributed by atoms with Crippen LogP contribution in [-0.2, 0) is 22.4 Å². The molecule has 0 unspecified atom stereocenters. The minimum atomic E-state index is -0.271. The fourth-order valence-corrected chi connectivity index (χ4v) is 5.08. The van der Waals surface area contributed by atoms with Gasteiger partial charge in [-0.3, -0.25) is 4.79 Å². The Labute approximate surface area is 227 Å². The predicted octanol–water partition coefficient (Wildman–Crippen LogP) is 8.29. The first-order chi connectivity index (χ1) is 18.3. The van der Waals surface area contributed by atoms with Gasteiger partial charge in [0.2, 0.25) is 0 Å². The molecule has 0 heterocycles. The molecule has 0 aliphatic heterocycles. The van der Waals surface area contributed by atoms with Crippen molar-refractivity contribution in [1.29, 1.82) is 0 Å². The number of aliphatic hydroxyl groups is 1. The van der Waals surface area contributed by atoms with E-state index in [0.717, 1.165) is 33.7 Å². The summed E-state index contributed by atoms with van der Waals surface area (Å²) in [5.74, 6) is 1.21. The number of benzene rings is 3. The first-order valence-corrected chi connectivity index (χ1v) is 13.6. The molecule has 0 amide bonds. The molecule has 0 spiro atoms. The standard InChI is InChI=1S/C30H33FO3.C4H8/c1-21-2-4-22(5-3-21)23-6-8-24(9-7-23)26-12-13-29(30(31)19-26)28-11-10-25(14-16-32)27(18-28)15-17-34-20-33;1-4(2)3/h6-13,18-22,32H,2-5,14-17H2,1H3;1H2,2-3H3. The summed E-state index contributed by atoms with van der Waals surface area (Å²) in [6.45, 7) is 10.5. The Morgan fingerprint density at radius 3 is 2.16 bits per heavy atom. The molecule has 38 heavy (non-hydrogen) atoms. The molecule has 1 aliphatic carbocycles. The van der Waals surface area contributed by atoms with Crippen LogP contribution in [0, 0.1) is 11.7 Å². The Morgan fingerprint density at radius 2 is 1.55 bits per heavy atom. The maximum absolute atomic E-state index is 15.2. The largest absolute Gasteiger partial charge is 0.468 e. The fourth-order valence-electron chi connectivity index (χ4n) is 5.08. The topological polar surface area (TPSA) is 46.5 Å². The third kappa shape index (κ3) is 8.39. The van der Waals surface area contributed by atoms with Crippen molar-refractivity contribution in [2.45, 2.75) is 65.2 Å². The van der Waals surface area contributed by atoms with Crippen molar-refractivity contribution >= 4 is 6.47 Å². The molecule has 202 valence electrons. The normalized spacial score (nSPS) is 16.8. The lowest BCUT2D eigenvalue weighted by Gasteiger charge is -2.26. The summed E-state index contributed by atoms with van der Waals surface area (Å²) in [5.41, 5.74) is 7.67. The third-order valence-electron chi connectivity index (χ3n) is 7.16. The van der Waals surface area contributed by atoms with Crippen LogP contribution in [0.4, 0.5) is 4.39 Å². The molecule has 3 nitrogen and oxygen atoms in total. The molecule has 3 aromatic carbocycles. The van der Waals surface area contributed by atoms with E-state index >= 15 is 4.39 Å². The molecule has 0 aromatic heterocycles. The van der Waals surface area contributed by atoms with Crippen LogP contribution in [0.15, 0.2) is 72.8 Å². The van der Waals surface area contributed by atoms with Gasteiger partial charge in [-0.2, -0.15) is 0 Å². The molecule has 0 saturated heterocycles. The van der Waals surface area contributed by atoms with Crippen LogP contribution in [0.25, 0.3) is 22.3 Å². The summed E-state index contributed by atoms with van der Waals surface area (Å²) in [4.78, 5) is 10.5. The van der Waals surface area contributed by atoms with Gasteiger partial charge in [0.15, 0.2) is 0 Å². The minimum Gasteiger partial charge on any atom is -0.468 e. The number of aliphatic hydroxyl groups excluding tert-OH is 1. The fraction of sp³-hybridized carbons (Fsp3) is 0.382. The molecular formula is C34H41FO3. The van der Waals surface area contributed by atoms with Gasteiger partial charge in [0.05, 0.1) is 6.61 Å². The summed E-state index contributed by atoms with van der Waals surface area (Å²) >= 11 is 0. The predicted molar refractivity (Wildman–Crippen MR) is 155 cm³/mol. The Hall–Kier alpha value is -3.24. The molecule has 1 aliphatic rings. The van der Waals surface area contributed by atoms with Crippen molar-refractivity contribution in [3.63, 3.8) is 0 Å². The zero-order valence-corrected chi connectivity index (χ0v) is 23.0. The Bertz CT molecular complexity index is 1190. The van der Waals surface area contributed by atoms with Crippen molar-refractivity contribution in [1.82, 2.24) is 0 Å². The Morgan fingerprint density at radius 1 is 0.921 bits per heavy atom. The van der Waals surface area contributed by atoms with Crippen molar-refractivity contribution in [2.75, 3.05) is 13.2 Å². The van der Waals surface area contributed by atoms with Crippen LogP contribution in [0.3, 0.4) is 0 Å². The molecule has 1 fully saturated rings. The Balaban J connectivity index is 0.000000934. The van der Waals surface area contributed by atoms with Crippen molar-refractivity contribution in [3.05, 3.63) is 95.3 Å². The molecule has 3 aromatic rings.